The minimum Gasteiger partial charge on any atom is -0.508 e. The van der Waals surface area contributed by atoms with Gasteiger partial charge in [-0.15, -0.1) is 0 Å². The van der Waals surface area contributed by atoms with Crippen molar-refractivity contribution in [3.05, 3.63) is 168 Å². The number of aliphatic hydroxyl groups is 4. The standard InChI is InChI=1S/C61H68N4O11/c1-4-46(61(73)18-16-34(25-61)33-7-5-6-31(20-33)27-66)59(72)75-49-24-44-54(71)52-48(70)23-37(28-67)74-56(52)53-50-42-17-19-63-57(62)51(42)40(13-10-32-9-11-36(69)22-43(32)45(50)29-68)39-15-14-38-35(21-47(39)60(49,3)76-55(44)53)26-64-58-41(38)12-8-30(2)65-58/h4-9,11-12,17,20,22-23,26,30,34,39-40,45,47,49-50,58,63-69,71,73H,10,13-16,18-19,21,24-25,27-29,62H2,1-3H3/b46-4+/t30-,34+,39-,40-,45-,47+,49-,50-,58?,60+,61+/m1/s1. The summed E-state index contributed by atoms with van der Waals surface area (Å²) in [5.41, 5.74) is 12.9. The molecule has 6 heterocycles. The maximum atomic E-state index is 15.4. The van der Waals surface area contributed by atoms with Crippen LogP contribution in [-0.4, -0.2) is 79.3 Å². The predicted octanol–water partition coefficient (Wildman–Crippen LogP) is 6.65. The Bertz CT molecular complexity index is 3330. The monoisotopic (exact) mass is 1030 g/mol. The number of benzene rings is 3. The lowest BCUT2D eigenvalue weighted by Crippen LogP contribution is -2.59. The molecule has 0 radical (unpaired) electrons. The molecule has 11 atom stereocenters. The van der Waals surface area contributed by atoms with Crippen LogP contribution in [0.4, 0.5) is 0 Å². The first-order chi connectivity index (χ1) is 36.7. The second-order valence-electron chi connectivity index (χ2n) is 22.7. The molecule has 15 heteroatoms. The molecule has 15 nitrogen and oxygen atoms in total. The Morgan fingerprint density at radius 2 is 1.87 bits per heavy atom. The Labute approximate surface area is 441 Å². The average molecular weight is 1030 g/mol. The highest BCUT2D eigenvalue weighted by molar-refractivity contribution is 5.93. The van der Waals surface area contributed by atoms with E-state index in [4.69, 9.17) is 19.6 Å². The molecule has 398 valence electrons. The summed E-state index contributed by atoms with van der Waals surface area (Å²) in [6, 6.07) is 14.2. The average Bonchev–Trinajstić information content (AvgIpc) is 3.74. The van der Waals surface area contributed by atoms with Gasteiger partial charge in [-0.05, 0) is 152 Å². The second kappa shape index (κ2) is 19.1. The molecule has 2 saturated carbocycles. The predicted molar refractivity (Wildman–Crippen MR) is 285 cm³/mol. The Hall–Kier alpha value is -6.62. The number of aliphatic hydroxyl groups excluding tert-OH is 3. The third-order valence-electron chi connectivity index (χ3n) is 18.6. The number of carbonyl (C=O) groups excluding carboxylic acids is 1. The number of esters is 1. The second-order valence-corrected chi connectivity index (χ2v) is 22.7. The summed E-state index contributed by atoms with van der Waals surface area (Å²) in [5.74, 6) is -3.18. The number of ether oxygens (including phenoxy) is 2. The zero-order valence-electron chi connectivity index (χ0n) is 43.2. The Balaban J connectivity index is 1.10. The zero-order chi connectivity index (χ0) is 52.9. The molecule has 1 aromatic heterocycles. The number of aryl methyl sites for hydroxylation is 1. The molecule has 1 unspecified atom stereocenters. The molecule has 76 heavy (non-hydrogen) atoms. The van der Waals surface area contributed by atoms with E-state index in [1.165, 1.54) is 5.57 Å². The van der Waals surface area contributed by atoms with E-state index in [1.807, 2.05) is 37.3 Å². The number of dihydropyridines is 2. The SMILES string of the molecule is C/C=C(\C(=O)O[C@@H]1Cc2c3c(c4oc(CO)cc(=O)c4c2O)[C@@H]2C4=CCNC(N)=C4[C@H](CCc4ccc(O)cc4[C@H]2CO)[C@H]2CCC4=C5C=C[C@@H](C)NC5NC=C4C[C@@H]2[C@]1(C)O3)[C@]1(O)CC[C@H](c2cccc(CO)c2)C1. The highest BCUT2D eigenvalue weighted by Gasteiger charge is 2.59. The number of aromatic hydroxyl groups is 2. The van der Waals surface area contributed by atoms with E-state index in [-0.39, 0.29) is 88.8 Å². The zero-order valence-corrected chi connectivity index (χ0v) is 43.2. The minimum atomic E-state index is -1.55. The third kappa shape index (κ3) is 8.02. The van der Waals surface area contributed by atoms with E-state index in [1.54, 1.807) is 25.1 Å². The van der Waals surface area contributed by atoms with Crippen LogP contribution in [0.2, 0.25) is 0 Å². The van der Waals surface area contributed by atoms with Crippen molar-refractivity contribution in [1.29, 1.82) is 0 Å². The number of phenolic OH excluding ortho intramolecular Hbond substituents is 2. The van der Waals surface area contributed by atoms with E-state index in [0.717, 1.165) is 45.0 Å². The molecular weight excluding hydrogens is 965 g/mol. The van der Waals surface area contributed by atoms with Crippen molar-refractivity contribution in [1.82, 2.24) is 16.0 Å². The van der Waals surface area contributed by atoms with Crippen molar-refractivity contribution in [3.63, 3.8) is 0 Å². The van der Waals surface area contributed by atoms with E-state index >= 15 is 4.79 Å². The molecule has 0 spiro atoms. The first kappa shape index (κ1) is 50.2. The number of nitrogens with two attached hydrogens (primary N) is 1. The van der Waals surface area contributed by atoms with Gasteiger partial charge in [0.1, 0.15) is 64.3 Å². The summed E-state index contributed by atoms with van der Waals surface area (Å²) in [6.45, 7) is 5.01. The smallest absolute Gasteiger partial charge is 0.337 e. The first-order valence-electron chi connectivity index (χ1n) is 27.1. The van der Waals surface area contributed by atoms with Crippen molar-refractivity contribution in [3.8, 4) is 17.2 Å². The number of hydrogen-bond donors (Lipinski definition) is 10. The van der Waals surface area contributed by atoms with Crippen molar-refractivity contribution < 1.29 is 49.3 Å². The van der Waals surface area contributed by atoms with Gasteiger partial charge in [0.15, 0.2) is 5.43 Å². The first-order valence-corrected chi connectivity index (χ1v) is 27.1. The van der Waals surface area contributed by atoms with Gasteiger partial charge in [0.2, 0.25) is 0 Å². The van der Waals surface area contributed by atoms with Gasteiger partial charge in [0.25, 0.3) is 0 Å². The summed E-state index contributed by atoms with van der Waals surface area (Å²) < 4.78 is 21.3. The molecule has 4 bridgehead atoms. The van der Waals surface area contributed by atoms with E-state index < -0.39 is 65.4 Å². The summed E-state index contributed by atoms with van der Waals surface area (Å²) in [4.78, 5) is 29.9. The molecule has 0 saturated heterocycles. The fraction of sp³-hybridized carbons (Fsp3) is 0.443. The number of nitrogens with one attached hydrogen (secondary N) is 3. The molecule has 8 aliphatic rings. The van der Waals surface area contributed by atoms with Crippen LogP contribution in [0.25, 0.3) is 11.0 Å². The fourth-order valence-corrected chi connectivity index (χ4v) is 15.0. The molecule has 3 aliphatic carbocycles. The lowest BCUT2D eigenvalue weighted by molar-refractivity contribution is -0.171. The van der Waals surface area contributed by atoms with Crippen LogP contribution in [0.15, 0.2) is 128 Å². The summed E-state index contributed by atoms with van der Waals surface area (Å²) in [6.07, 6.45) is 13.0. The van der Waals surface area contributed by atoms with Crippen molar-refractivity contribution in [2.24, 2.45) is 23.5 Å². The van der Waals surface area contributed by atoms with Crippen molar-refractivity contribution >= 4 is 16.9 Å². The molecule has 12 rings (SSSR count). The molecule has 3 aromatic carbocycles. The Morgan fingerprint density at radius 1 is 1.03 bits per heavy atom. The topological polar surface area (TPSA) is 249 Å². The van der Waals surface area contributed by atoms with Gasteiger partial charge >= 0.3 is 5.97 Å². The number of rotatable bonds is 7. The van der Waals surface area contributed by atoms with Gasteiger partial charge in [-0.1, -0.05) is 54.6 Å². The molecule has 2 fully saturated rings. The van der Waals surface area contributed by atoms with Crippen LogP contribution < -0.4 is 31.8 Å². The van der Waals surface area contributed by atoms with Gasteiger partial charge in [0, 0.05) is 60.2 Å². The lowest BCUT2D eigenvalue weighted by atomic mass is 9.61. The summed E-state index contributed by atoms with van der Waals surface area (Å²) in [5, 5.41) is 79.8. The molecule has 0 amide bonds. The van der Waals surface area contributed by atoms with Crippen LogP contribution in [0.1, 0.15) is 123 Å². The van der Waals surface area contributed by atoms with Gasteiger partial charge in [-0.25, -0.2) is 4.79 Å². The number of carbonyl (C=O) groups is 1. The Kier molecular flexibility index (Phi) is 12.6. The maximum Gasteiger partial charge on any atom is 0.337 e. The van der Waals surface area contributed by atoms with Crippen LogP contribution in [0.3, 0.4) is 0 Å². The third-order valence-corrected chi connectivity index (χ3v) is 18.6. The number of fused-ring (bicyclic) bond motifs is 10. The summed E-state index contributed by atoms with van der Waals surface area (Å²) in [7, 11) is 0. The number of phenols is 2. The normalized spacial score (nSPS) is 31.6. The van der Waals surface area contributed by atoms with Crippen LogP contribution >= 0.6 is 0 Å². The molecule has 11 N–H and O–H groups in total. The largest absolute Gasteiger partial charge is 0.508 e. The van der Waals surface area contributed by atoms with Crippen LogP contribution in [0.5, 0.6) is 17.2 Å². The maximum absolute atomic E-state index is 15.4. The quantitative estimate of drug-likeness (QED) is 0.0688. The minimum absolute atomic E-state index is 0.0155. The molecule has 5 aliphatic heterocycles. The van der Waals surface area contributed by atoms with Crippen molar-refractivity contribution in [2.75, 3.05) is 13.2 Å². The van der Waals surface area contributed by atoms with E-state index in [9.17, 15) is 35.4 Å². The van der Waals surface area contributed by atoms with Gasteiger partial charge in [-0.3, -0.25) is 10.1 Å². The van der Waals surface area contributed by atoms with E-state index in [0.29, 0.717) is 68.4 Å². The van der Waals surface area contributed by atoms with Crippen molar-refractivity contribution in [2.45, 2.75) is 139 Å². The van der Waals surface area contributed by atoms with Gasteiger partial charge in [0.05, 0.1) is 24.4 Å². The van der Waals surface area contributed by atoms with Crippen LogP contribution in [0, 0.1) is 17.8 Å². The van der Waals surface area contributed by atoms with Gasteiger partial charge < -0.3 is 60.9 Å². The fourth-order valence-electron chi connectivity index (χ4n) is 15.0. The summed E-state index contributed by atoms with van der Waals surface area (Å²) >= 11 is 0. The van der Waals surface area contributed by atoms with Crippen LogP contribution in [-0.2, 0) is 35.6 Å². The highest BCUT2D eigenvalue weighted by atomic mass is 16.6. The number of allylic oxidation sites excluding steroid dienone is 5. The lowest BCUT2D eigenvalue weighted by Gasteiger charge is -2.52. The van der Waals surface area contributed by atoms with Gasteiger partial charge in [-0.2, -0.15) is 0 Å². The molecular formula is C61H68N4O11. The Morgan fingerprint density at radius 3 is 2.66 bits per heavy atom. The van der Waals surface area contributed by atoms with E-state index in [2.05, 4.69) is 47.3 Å². The highest BCUT2D eigenvalue weighted by Crippen LogP contribution is 2.62. The molecule has 4 aromatic rings. The number of hydrogen-bond acceptors (Lipinski definition) is 15.